The number of likely N-dealkylation sites (N-methyl/N-ethyl adjacent to an activating group) is 1. The van der Waals surface area contributed by atoms with Crippen molar-refractivity contribution in [2.75, 3.05) is 52.9 Å². The Morgan fingerprint density at radius 2 is 2.35 bits per heavy atom. The molecule has 0 aromatic heterocycles. The van der Waals surface area contributed by atoms with Crippen molar-refractivity contribution in [1.82, 2.24) is 15.1 Å². The number of amides is 1. The van der Waals surface area contributed by atoms with E-state index >= 15 is 0 Å². The van der Waals surface area contributed by atoms with Crippen LogP contribution in [0.4, 0.5) is 0 Å². The first-order chi connectivity index (χ1) is 9.51. The van der Waals surface area contributed by atoms with Gasteiger partial charge in [0.2, 0.25) is 5.91 Å². The van der Waals surface area contributed by atoms with Crippen LogP contribution in [-0.2, 0) is 9.53 Å². The molecule has 1 saturated heterocycles. The van der Waals surface area contributed by atoms with Gasteiger partial charge >= 0.3 is 0 Å². The first-order valence-electron chi connectivity index (χ1n) is 7.17. The largest absolute Gasteiger partial charge is 0.374 e. The average molecular weight is 282 g/mol. The summed E-state index contributed by atoms with van der Waals surface area (Å²) in [6.45, 7) is 9.08. The van der Waals surface area contributed by atoms with Gasteiger partial charge in [-0.2, -0.15) is 5.26 Å². The van der Waals surface area contributed by atoms with Crippen LogP contribution in [0.1, 0.15) is 13.8 Å². The molecule has 0 bridgehead atoms. The van der Waals surface area contributed by atoms with Crippen LogP contribution in [0.5, 0.6) is 0 Å². The van der Waals surface area contributed by atoms with E-state index in [-0.39, 0.29) is 25.1 Å². The van der Waals surface area contributed by atoms with Crippen molar-refractivity contribution in [3.05, 3.63) is 0 Å². The number of nitrogens with zero attached hydrogens (tertiary/aromatic N) is 3. The van der Waals surface area contributed by atoms with Crippen LogP contribution < -0.4 is 5.32 Å². The van der Waals surface area contributed by atoms with Gasteiger partial charge in [-0.1, -0.05) is 13.8 Å². The van der Waals surface area contributed by atoms with Gasteiger partial charge in [0.1, 0.15) is 0 Å². The Bertz CT molecular complexity index is 341. The molecule has 1 fully saturated rings. The number of hydrogen-bond acceptors (Lipinski definition) is 5. The number of carbonyl (C=O) groups is 1. The maximum absolute atomic E-state index is 11.7. The highest BCUT2D eigenvalue weighted by molar-refractivity contribution is 5.78. The maximum atomic E-state index is 11.7. The molecule has 0 spiro atoms. The lowest BCUT2D eigenvalue weighted by atomic mass is 10.2. The first-order valence-corrected chi connectivity index (χ1v) is 7.17. The highest BCUT2D eigenvalue weighted by Crippen LogP contribution is 2.07. The predicted molar refractivity (Wildman–Crippen MR) is 77.1 cm³/mol. The van der Waals surface area contributed by atoms with Crippen molar-refractivity contribution in [1.29, 1.82) is 5.26 Å². The van der Waals surface area contributed by atoms with E-state index in [1.165, 1.54) is 0 Å². The monoisotopic (exact) mass is 282 g/mol. The lowest BCUT2D eigenvalue weighted by molar-refractivity contribution is -0.123. The lowest BCUT2D eigenvalue weighted by Gasteiger charge is -2.34. The molecule has 0 radical (unpaired) electrons. The van der Waals surface area contributed by atoms with E-state index in [1.54, 1.807) is 11.9 Å². The van der Waals surface area contributed by atoms with Crippen molar-refractivity contribution < 1.29 is 9.53 Å². The molecule has 1 unspecified atom stereocenters. The third kappa shape index (κ3) is 6.85. The summed E-state index contributed by atoms with van der Waals surface area (Å²) in [4.78, 5) is 15.8. The van der Waals surface area contributed by atoms with Crippen LogP contribution in [0.2, 0.25) is 0 Å². The zero-order valence-electron chi connectivity index (χ0n) is 12.8. The number of carbonyl (C=O) groups excluding carboxylic acids is 1. The van der Waals surface area contributed by atoms with Gasteiger partial charge in [0.25, 0.3) is 0 Å². The third-order valence-electron chi connectivity index (χ3n) is 3.13. The van der Waals surface area contributed by atoms with Crippen molar-refractivity contribution in [2.24, 2.45) is 5.92 Å². The Hall–Kier alpha value is -1.16. The minimum absolute atomic E-state index is 0.0627. The number of nitrogens with one attached hydrogen (secondary N) is 1. The molecule has 6 nitrogen and oxygen atoms in total. The van der Waals surface area contributed by atoms with E-state index in [0.717, 1.165) is 26.2 Å². The van der Waals surface area contributed by atoms with Crippen LogP contribution in [0.3, 0.4) is 0 Å². The van der Waals surface area contributed by atoms with Gasteiger partial charge in [0.15, 0.2) is 0 Å². The second kappa shape index (κ2) is 8.90. The Balaban J connectivity index is 2.24. The molecule has 0 aliphatic carbocycles. The quantitative estimate of drug-likeness (QED) is 0.661. The Morgan fingerprint density at radius 1 is 1.60 bits per heavy atom. The Kier molecular flexibility index (Phi) is 7.52. The van der Waals surface area contributed by atoms with Crippen LogP contribution in [0.25, 0.3) is 0 Å². The summed E-state index contributed by atoms with van der Waals surface area (Å²) in [7, 11) is 1.75. The summed E-state index contributed by atoms with van der Waals surface area (Å²) >= 11 is 0. The fourth-order valence-electron chi connectivity index (χ4n) is 2.29. The molecular weight excluding hydrogens is 256 g/mol. The second-order valence-corrected chi connectivity index (χ2v) is 5.78. The van der Waals surface area contributed by atoms with Crippen molar-refractivity contribution in [3.63, 3.8) is 0 Å². The van der Waals surface area contributed by atoms with E-state index < -0.39 is 0 Å². The zero-order chi connectivity index (χ0) is 15.0. The fourth-order valence-corrected chi connectivity index (χ4v) is 2.29. The first kappa shape index (κ1) is 16.9. The van der Waals surface area contributed by atoms with Gasteiger partial charge in [-0.15, -0.1) is 0 Å². The van der Waals surface area contributed by atoms with Crippen molar-refractivity contribution in [3.8, 4) is 6.07 Å². The van der Waals surface area contributed by atoms with E-state index in [4.69, 9.17) is 10.00 Å². The Labute approximate surface area is 121 Å². The molecule has 0 saturated carbocycles. The van der Waals surface area contributed by atoms with E-state index in [1.807, 2.05) is 6.07 Å². The van der Waals surface area contributed by atoms with Gasteiger partial charge in [-0.25, -0.2) is 0 Å². The Morgan fingerprint density at radius 3 is 3.00 bits per heavy atom. The number of rotatable bonds is 7. The number of morpholine rings is 1. The summed E-state index contributed by atoms with van der Waals surface area (Å²) in [5.41, 5.74) is 0. The maximum Gasteiger partial charge on any atom is 0.234 e. The zero-order valence-corrected chi connectivity index (χ0v) is 12.8. The number of ether oxygens (including phenoxy) is 1. The second-order valence-electron chi connectivity index (χ2n) is 5.78. The summed E-state index contributed by atoms with van der Waals surface area (Å²) in [5.74, 6) is 0.579. The van der Waals surface area contributed by atoms with Crippen LogP contribution in [0, 0.1) is 17.2 Å². The molecule has 0 aromatic rings. The summed E-state index contributed by atoms with van der Waals surface area (Å²) < 4.78 is 5.67. The topological polar surface area (TPSA) is 68.6 Å². The van der Waals surface area contributed by atoms with E-state index in [2.05, 4.69) is 24.1 Å². The van der Waals surface area contributed by atoms with Crippen LogP contribution in [0.15, 0.2) is 0 Å². The molecule has 1 atom stereocenters. The molecule has 6 heteroatoms. The highest BCUT2D eigenvalue weighted by atomic mass is 16.5. The van der Waals surface area contributed by atoms with Gasteiger partial charge in [-0.3, -0.25) is 14.6 Å². The lowest BCUT2D eigenvalue weighted by Crippen LogP contribution is -2.49. The van der Waals surface area contributed by atoms with Gasteiger partial charge in [0.05, 0.1) is 31.9 Å². The van der Waals surface area contributed by atoms with Gasteiger partial charge in [0, 0.05) is 26.2 Å². The predicted octanol–water partition coefficient (Wildman–Crippen LogP) is -0.0852. The van der Waals surface area contributed by atoms with Crippen molar-refractivity contribution in [2.45, 2.75) is 20.0 Å². The third-order valence-corrected chi connectivity index (χ3v) is 3.13. The molecule has 1 N–H and O–H groups in total. The summed E-state index contributed by atoms with van der Waals surface area (Å²) in [5, 5.41) is 11.4. The molecule has 1 rings (SSSR count). The molecular formula is C14H26N4O2. The normalized spacial score (nSPS) is 20.1. The van der Waals surface area contributed by atoms with Crippen molar-refractivity contribution >= 4 is 5.91 Å². The highest BCUT2D eigenvalue weighted by Gasteiger charge is 2.21. The molecule has 1 amide bonds. The summed E-state index contributed by atoms with van der Waals surface area (Å²) in [6, 6.07) is 2.02. The number of hydrogen-bond donors (Lipinski definition) is 1. The van der Waals surface area contributed by atoms with Gasteiger partial charge < -0.3 is 10.1 Å². The average Bonchev–Trinajstić information content (AvgIpc) is 2.36. The molecule has 1 heterocycles. The molecule has 0 aromatic carbocycles. The SMILES string of the molecule is CC(C)CN1CCOC(CNC(=O)CN(C)CC#N)C1. The molecule has 114 valence electrons. The smallest absolute Gasteiger partial charge is 0.234 e. The summed E-state index contributed by atoms with van der Waals surface area (Å²) in [6.07, 6.45) is 0.0627. The number of nitriles is 1. The molecule has 1 aliphatic heterocycles. The van der Waals surface area contributed by atoms with E-state index in [0.29, 0.717) is 12.5 Å². The minimum atomic E-state index is -0.0627. The minimum Gasteiger partial charge on any atom is -0.374 e. The fraction of sp³-hybridized carbons (Fsp3) is 0.857. The molecule has 1 aliphatic rings. The van der Waals surface area contributed by atoms with Crippen LogP contribution >= 0.6 is 0 Å². The standard InChI is InChI=1S/C14H26N4O2/c1-12(2)9-18-6-7-20-13(10-18)8-16-14(19)11-17(3)5-4-15/h12-13H,5-11H2,1-3H3,(H,16,19). The van der Waals surface area contributed by atoms with Gasteiger partial charge in [-0.05, 0) is 13.0 Å². The van der Waals surface area contributed by atoms with E-state index in [9.17, 15) is 4.79 Å². The molecule has 20 heavy (non-hydrogen) atoms. The van der Waals surface area contributed by atoms with Crippen LogP contribution in [-0.4, -0.2) is 74.7 Å².